The molecule has 0 aromatic carbocycles. The van der Waals surface area contributed by atoms with Gasteiger partial charge in [-0.15, -0.1) is 0 Å². The van der Waals surface area contributed by atoms with E-state index >= 15 is 0 Å². The Labute approximate surface area is 102 Å². The third kappa shape index (κ3) is 3.20. The molecule has 4 nitrogen and oxygen atoms in total. The van der Waals surface area contributed by atoms with E-state index in [-0.39, 0.29) is 17.8 Å². The monoisotopic (exact) mass is 239 g/mol. The highest BCUT2D eigenvalue weighted by molar-refractivity contribution is 5.85. The van der Waals surface area contributed by atoms with Crippen molar-refractivity contribution in [3.63, 3.8) is 0 Å². The zero-order valence-corrected chi connectivity index (χ0v) is 10.6. The van der Waals surface area contributed by atoms with E-state index in [4.69, 9.17) is 4.74 Å². The van der Waals surface area contributed by atoms with Gasteiger partial charge < -0.3 is 10.1 Å². The fourth-order valence-corrected chi connectivity index (χ4v) is 2.01. The molecule has 17 heavy (non-hydrogen) atoms. The van der Waals surface area contributed by atoms with Crippen molar-refractivity contribution >= 4 is 11.9 Å². The van der Waals surface area contributed by atoms with Gasteiger partial charge in [-0.25, -0.2) is 4.79 Å². The molecular weight excluding hydrogens is 218 g/mol. The van der Waals surface area contributed by atoms with E-state index in [1.165, 1.54) is 0 Å². The standard InChI is InChI=1S/C13H21NO3/c1-8-6-11(8)7-17-13(16)9(2)14-12(15)10-4-3-5-10/h8-11H,3-7H2,1-2H3,(H,14,15)/t8-,9-,11+/m0/s1. The van der Waals surface area contributed by atoms with E-state index in [1.54, 1.807) is 6.92 Å². The number of rotatable bonds is 5. The number of carbonyl (C=O) groups is 2. The average Bonchev–Trinajstić information content (AvgIpc) is 2.88. The van der Waals surface area contributed by atoms with Gasteiger partial charge in [0.15, 0.2) is 0 Å². The Balaban J connectivity index is 1.65. The molecule has 2 aliphatic rings. The van der Waals surface area contributed by atoms with Gasteiger partial charge in [-0.2, -0.15) is 0 Å². The van der Waals surface area contributed by atoms with Crippen molar-refractivity contribution in [2.45, 2.75) is 45.6 Å². The third-order valence-corrected chi connectivity index (χ3v) is 3.90. The van der Waals surface area contributed by atoms with Crippen molar-refractivity contribution in [3.05, 3.63) is 0 Å². The van der Waals surface area contributed by atoms with Crippen molar-refractivity contribution in [1.82, 2.24) is 5.32 Å². The minimum atomic E-state index is -0.517. The van der Waals surface area contributed by atoms with E-state index < -0.39 is 6.04 Å². The molecule has 0 radical (unpaired) electrons. The SMILES string of the molecule is C[C@H](NC(=O)C1CCC1)C(=O)OC[C@H]1C[C@@H]1C. The molecule has 0 aromatic rings. The maximum atomic E-state index is 11.6. The van der Waals surface area contributed by atoms with Crippen LogP contribution in [0, 0.1) is 17.8 Å². The Bertz CT molecular complexity index is 312. The number of ether oxygens (including phenoxy) is 1. The summed E-state index contributed by atoms with van der Waals surface area (Å²) < 4.78 is 5.18. The Hall–Kier alpha value is -1.06. The van der Waals surface area contributed by atoms with Crippen LogP contribution < -0.4 is 5.32 Å². The van der Waals surface area contributed by atoms with Gasteiger partial charge in [-0.3, -0.25) is 4.79 Å². The molecule has 0 aromatic heterocycles. The summed E-state index contributed by atoms with van der Waals surface area (Å²) >= 11 is 0. The van der Waals surface area contributed by atoms with Crippen LogP contribution >= 0.6 is 0 Å². The van der Waals surface area contributed by atoms with Gasteiger partial charge in [0.05, 0.1) is 6.61 Å². The molecule has 0 saturated heterocycles. The molecule has 4 heteroatoms. The number of esters is 1. The summed E-state index contributed by atoms with van der Waals surface area (Å²) in [6, 6.07) is -0.517. The molecule has 0 heterocycles. The van der Waals surface area contributed by atoms with Crippen molar-refractivity contribution in [2.24, 2.45) is 17.8 Å². The Morgan fingerprint density at radius 2 is 2.06 bits per heavy atom. The van der Waals surface area contributed by atoms with Crippen LogP contribution in [0.25, 0.3) is 0 Å². The maximum Gasteiger partial charge on any atom is 0.328 e. The summed E-state index contributed by atoms with van der Waals surface area (Å²) in [5.41, 5.74) is 0. The number of carbonyl (C=O) groups excluding carboxylic acids is 2. The van der Waals surface area contributed by atoms with E-state index in [9.17, 15) is 9.59 Å². The quantitative estimate of drug-likeness (QED) is 0.739. The lowest BCUT2D eigenvalue weighted by Gasteiger charge is -2.25. The second-order valence-corrected chi connectivity index (χ2v) is 5.46. The van der Waals surface area contributed by atoms with Crippen LogP contribution in [0.3, 0.4) is 0 Å². The summed E-state index contributed by atoms with van der Waals surface area (Å²) in [6.45, 7) is 4.35. The molecular formula is C13H21NO3. The molecule has 3 atom stereocenters. The second kappa shape index (κ2) is 5.07. The van der Waals surface area contributed by atoms with Crippen LogP contribution in [-0.4, -0.2) is 24.5 Å². The van der Waals surface area contributed by atoms with Crippen LogP contribution in [0.2, 0.25) is 0 Å². The Morgan fingerprint density at radius 3 is 2.53 bits per heavy atom. The van der Waals surface area contributed by atoms with Gasteiger partial charge in [0.25, 0.3) is 0 Å². The van der Waals surface area contributed by atoms with Gasteiger partial charge in [-0.1, -0.05) is 13.3 Å². The van der Waals surface area contributed by atoms with Crippen LogP contribution in [0.4, 0.5) is 0 Å². The Morgan fingerprint density at radius 1 is 1.41 bits per heavy atom. The lowest BCUT2D eigenvalue weighted by molar-refractivity contribution is -0.148. The molecule has 0 spiro atoms. The van der Waals surface area contributed by atoms with Crippen LogP contribution in [0.1, 0.15) is 39.5 Å². The van der Waals surface area contributed by atoms with E-state index in [2.05, 4.69) is 12.2 Å². The maximum absolute atomic E-state index is 11.6. The number of hydrogen-bond acceptors (Lipinski definition) is 3. The summed E-state index contributed by atoms with van der Waals surface area (Å²) in [7, 11) is 0. The summed E-state index contributed by atoms with van der Waals surface area (Å²) in [5.74, 6) is 1.03. The molecule has 1 N–H and O–H groups in total. The van der Waals surface area contributed by atoms with Crippen molar-refractivity contribution in [3.8, 4) is 0 Å². The van der Waals surface area contributed by atoms with Crippen molar-refractivity contribution in [2.75, 3.05) is 6.61 Å². The Kier molecular flexibility index (Phi) is 3.69. The minimum Gasteiger partial charge on any atom is -0.464 e. The van der Waals surface area contributed by atoms with E-state index in [0.717, 1.165) is 25.7 Å². The van der Waals surface area contributed by atoms with Crippen LogP contribution in [0.15, 0.2) is 0 Å². The summed E-state index contributed by atoms with van der Waals surface area (Å²) in [5, 5.41) is 2.72. The molecule has 2 saturated carbocycles. The molecule has 1 amide bonds. The number of amides is 1. The molecule has 0 aliphatic heterocycles. The minimum absolute atomic E-state index is 0.000454. The fraction of sp³-hybridized carbons (Fsp3) is 0.846. The predicted octanol–water partition coefficient (Wildman–Crippen LogP) is 1.49. The van der Waals surface area contributed by atoms with Gasteiger partial charge in [-0.05, 0) is 38.0 Å². The van der Waals surface area contributed by atoms with Crippen LogP contribution in [0.5, 0.6) is 0 Å². The van der Waals surface area contributed by atoms with Crippen molar-refractivity contribution in [1.29, 1.82) is 0 Å². The third-order valence-electron chi connectivity index (χ3n) is 3.90. The molecule has 0 unspecified atom stereocenters. The molecule has 2 aliphatic carbocycles. The first-order chi connectivity index (χ1) is 8.08. The van der Waals surface area contributed by atoms with Gasteiger partial charge in [0.2, 0.25) is 5.91 Å². The first-order valence-electron chi connectivity index (χ1n) is 6.55. The highest BCUT2D eigenvalue weighted by Crippen LogP contribution is 2.37. The smallest absolute Gasteiger partial charge is 0.328 e. The molecule has 2 fully saturated rings. The predicted molar refractivity (Wildman–Crippen MR) is 63.2 cm³/mol. The first-order valence-corrected chi connectivity index (χ1v) is 6.55. The molecule has 0 bridgehead atoms. The van der Waals surface area contributed by atoms with Gasteiger partial charge in [0.1, 0.15) is 6.04 Å². The fourth-order valence-electron chi connectivity index (χ4n) is 2.01. The average molecular weight is 239 g/mol. The molecule has 2 rings (SSSR count). The van der Waals surface area contributed by atoms with Crippen LogP contribution in [-0.2, 0) is 14.3 Å². The van der Waals surface area contributed by atoms with Gasteiger partial charge in [0, 0.05) is 5.92 Å². The van der Waals surface area contributed by atoms with Gasteiger partial charge >= 0.3 is 5.97 Å². The zero-order chi connectivity index (χ0) is 12.4. The van der Waals surface area contributed by atoms with E-state index in [0.29, 0.717) is 18.4 Å². The highest BCUT2D eigenvalue weighted by Gasteiger charge is 2.34. The normalized spacial score (nSPS) is 29.1. The van der Waals surface area contributed by atoms with E-state index in [1.807, 2.05) is 0 Å². The molecule has 96 valence electrons. The second-order valence-electron chi connectivity index (χ2n) is 5.46. The number of nitrogens with one attached hydrogen (secondary N) is 1. The first kappa shape index (κ1) is 12.4. The highest BCUT2D eigenvalue weighted by atomic mass is 16.5. The van der Waals surface area contributed by atoms with Crippen molar-refractivity contribution < 1.29 is 14.3 Å². The lowest BCUT2D eigenvalue weighted by atomic mass is 9.84. The topological polar surface area (TPSA) is 55.4 Å². The zero-order valence-electron chi connectivity index (χ0n) is 10.6. The summed E-state index contributed by atoms with van der Waals surface area (Å²) in [4.78, 5) is 23.2. The largest absolute Gasteiger partial charge is 0.464 e. The summed E-state index contributed by atoms with van der Waals surface area (Å²) in [6.07, 6.45) is 4.17. The lowest BCUT2D eigenvalue weighted by Crippen LogP contribution is -2.44. The number of hydrogen-bond donors (Lipinski definition) is 1.